The van der Waals surface area contributed by atoms with E-state index in [2.05, 4.69) is 28.9 Å². The number of halogens is 1. The number of hydrogen-bond donors (Lipinski definition) is 0. The lowest BCUT2D eigenvalue weighted by Gasteiger charge is -2.11. The molecule has 0 amide bonds. The number of rotatable bonds is 2. The second kappa shape index (κ2) is 5.46. The highest BCUT2D eigenvalue weighted by Gasteiger charge is 2.24. The third-order valence-electron chi connectivity index (χ3n) is 3.26. The van der Waals surface area contributed by atoms with Gasteiger partial charge in [-0.2, -0.15) is 0 Å². The van der Waals surface area contributed by atoms with Crippen LogP contribution in [0.2, 0.25) is 0 Å². The third-order valence-corrected chi connectivity index (χ3v) is 5.21. The Morgan fingerprint density at radius 2 is 1.94 bits per heavy atom. The zero-order chi connectivity index (χ0) is 11.5. The van der Waals surface area contributed by atoms with E-state index in [0.717, 1.165) is 22.2 Å². The highest BCUT2D eigenvalue weighted by atomic mass is 79.9. The minimum atomic E-state index is 0.275. The molecule has 3 heteroatoms. The van der Waals surface area contributed by atoms with Crippen molar-refractivity contribution < 1.29 is 4.79 Å². The molecule has 0 saturated heterocycles. The quantitative estimate of drug-likeness (QED) is 0.556. The van der Waals surface area contributed by atoms with Gasteiger partial charge in [0.15, 0.2) is 5.78 Å². The van der Waals surface area contributed by atoms with E-state index in [1.165, 1.54) is 30.6 Å². The molecule has 0 spiro atoms. The van der Waals surface area contributed by atoms with Crippen LogP contribution in [-0.4, -0.2) is 5.78 Å². The van der Waals surface area contributed by atoms with Crippen molar-refractivity contribution in [2.24, 2.45) is 5.92 Å². The van der Waals surface area contributed by atoms with Crippen LogP contribution in [0.3, 0.4) is 0 Å². The minimum absolute atomic E-state index is 0.275. The molecule has 1 aromatic rings. The summed E-state index contributed by atoms with van der Waals surface area (Å²) in [5.41, 5.74) is 0. The molecule has 1 saturated carbocycles. The van der Waals surface area contributed by atoms with Crippen molar-refractivity contribution in [1.82, 2.24) is 0 Å². The molecule has 1 aromatic heterocycles. The number of carbonyl (C=O) groups is 1. The van der Waals surface area contributed by atoms with Gasteiger partial charge in [-0.25, -0.2) is 0 Å². The van der Waals surface area contributed by atoms with Gasteiger partial charge in [-0.05, 0) is 41.8 Å². The molecule has 1 aliphatic carbocycles. The van der Waals surface area contributed by atoms with Gasteiger partial charge in [0, 0.05) is 15.3 Å². The van der Waals surface area contributed by atoms with Gasteiger partial charge in [-0.15, -0.1) is 11.3 Å². The number of ketones is 1. The maximum Gasteiger partial charge on any atom is 0.177 e. The highest BCUT2D eigenvalue weighted by molar-refractivity contribution is 9.10. The van der Waals surface area contributed by atoms with Crippen LogP contribution in [0, 0.1) is 12.8 Å². The summed E-state index contributed by atoms with van der Waals surface area (Å²) in [6.07, 6.45) is 7.21. The van der Waals surface area contributed by atoms with E-state index in [9.17, 15) is 4.79 Å². The van der Waals surface area contributed by atoms with Gasteiger partial charge in [-0.1, -0.05) is 25.7 Å². The van der Waals surface area contributed by atoms with Crippen LogP contribution in [0.5, 0.6) is 0 Å². The summed E-state index contributed by atoms with van der Waals surface area (Å²) in [5, 5.41) is 0. The number of carbonyl (C=O) groups excluding carboxylic acids is 1. The molecule has 0 atom stereocenters. The lowest BCUT2D eigenvalue weighted by molar-refractivity contribution is 0.0911. The normalized spacial score (nSPS) is 18.4. The Morgan fingerprint density at radius 1 is 1.31 bits per heavy atom. The van der Waals surface area contributed by atoms with Crippen molar-refractivity contribution >= 4 is 33.0 Å². The molecule has 1 aliphatic rings. The zero-order valence-electron chi connectivity index (χ0n) is 9.59. The molecule has 0 radical (unpaired) electrons. The Balaban J connectivity index is 2.14. The second-order valence-corrected chi connectivity index (χ2v) is 6.70. The number of aryl methyl sites for hydroxylation is 1. The molecular formula is C13H17BrOS. The van der Waals surface area contributed by atoms with E-state index in [4.69, 9.17) is 0 Å². The predicted octanol–water partition coefficient (Wildman–Crippen LogP) is 4.97. The molecule has 1 heterocycles. The summed E-state index contributed by atoms with van der Waals surface area (Å²) in [5.74, 6) is 0.642. The predicted molar refractivity (Wildman–Crippen MR) is 72.3 cm³/mol. The van der Waals surface area contributed by atoms with Crippen molar-refractivity contribution in [3.63, 3.8) is 0 Å². The number of thiophene rings is 1. The molecule has 2 rings (SSSR count). The van der Waals surface area contributed by atoms with Crippen LogP contribution >= 0.6 is 27.3 Å². The molecular weight excluding hydrogens is 284 g/mol. The van der Waals surface area contributed by atoms with Gasteiger partial charge in [0.2, 0.25) is 0 Å². The van der Waals surface area contributed by atoms with Crippen molar-refractivity contribution in [2.45, 2.75) is 45.4 Å². The maximum absolute atomic E-state index is 12.4. The van der Waals surface area contributed by atoms with E-state index in [0.29, 0.717) is 5.78 Å². The van der Waals surface area contributed by atoms with Crippen molar-refractivity contribution in [1.29, 1.82) is 0 Å². The van der Waals surface area contributed by atoms with Crippen LogP contribution in [0.25, 0.3) is 0 Å². The van der Waals surface area contributed by atoms with Crippen LogP contribution in [0.4, 0.5) is 0 Å². The molecule has 1 nitrogen and oxygen atoms in total. The van der Waals surface area contributed by atoms with E-state index >= 15 is 0 Å². The van der Waals surface area contributed by atoms with Crippen molar-refractivity contribution in [3.05, 3.63) is 20.3 Å². The monoisotopic (exact) mass is 300 g/mol. The van der Waals surface area contributed by atoms with E-state index < -0.39 is 0 Å². The van der Waals surface area contributed by atoms with Gasteiger partial charge in [0.05, 0.1) is 4.88 Å². The van der Waals surface area contributed by atoms with Gasteiger partial charge < -0.3 is 0 Å². The van der Waals surface area contributed by atoms with Crippen molar-refractivity contribution in [3.8, 4) is 0 Å². The Labute approximate surface area is 109 Å². The molecule has 0 N–H and O–H groups in total. The first kappa shape index (κ1) is 12.3. The lowest BCUT2D eigenvalue weighted by atomic mass is 9.94. The van der Waals surface area contributed by atoms with Crippen LogP contribution in [0.1, 0.15) is 53.1 Å². The Hall–Kier alpha value is -0.150. The Morgan fingerprint density at radius 3 is 2.44 bits per heavy atom. The first-order valence-corrected chi connectivity index (χ1v) is 7.59. The SMILES string of the molecule is Cc1cc(Br)c(C(=O)C2CCCCCC2)s1. The smallest absolute Gasteiger partial charge is 0.177 e. The lowest BCUT2D eigenvalue weighted by Crippen LogP contribution is -2.13. The molecule has 16 heavy (non-hydrogen) atoms. The standard InChI is InChI=1S/C13H17BrOS/c1-9-8-11(14)13(16-9)12(15)10-6-4-2-3-5-7-10/h8,10H,2-7H2,1H3. The third kappa shape index (κ3) is 2.75. The molecule has 0 aromatic carbocycles. The summed E-state index contributed by atoms with van der Waals surface area (Å²) >= 11 is 5.12. The molecule has 0 aliphatic heterocycles. The summed E-state index contributed by atoms with van der Waals surface area (Å²) < 4.78 is 0.990. The zero-order valence-corrected chi connectivity index (χ0v) is 12.0. The summed E-state index contributed by atoms with van der Waals surface area (Å²) in [6, 6.07) is 2.05. The summed E-state index contributed by atoms with van der Waals surface area (Å²) in [6.45, 7) is 2.05. The maximum atomic E-state index is 12.4. The van der Waals surface area contributed by atoms with Crippen molar-refractivity contribution in [2.75, 3.05) is 0 Å². The second-order valence-electron chi connectivity index (χ2n) is 4.59. The van der Waals surface area contributed by atoms with Gasteiger partial charge in [-0.3, -0.25) is 4.79 Å². The Kier molecular flexibility index (Phi) is 4.20. The van der Waals surface area contributed by atoms with Crippen LogP contribution < -0.4 is 0 Å². The number of Topliss-reactive ketones (excluding diaryl/α,β-unsaturated/α-hetero) is 1. The molecule has 88 valence electrons. The first-order valence-electron chi connectivity index (χ1n) is 5.98. The van der Waals surface area contributed by atoms with Crippen LogP contribution in [0.15, 0.2) is 10.5 Å². The fraction of sp³-hybridized carbons (Fsp3) is 0.615. The average Bonchev–Trinajstić information content (AvgIpc) is 2.49. The fourth-order valence-corrected chi connectivity index (χ4v) is 4.23. The molecule has 1 fully saturated rings. The average molecular weight is 301 g/mol. The largest absolute Gasteiger partial charge is 0.293 e. The van der Waals surface area contributed by atoms with Gasteiger partial charge in [0.1, 0.15) is 0 Å². The number of hydrogen-bond acceptors (Lipinski definition) is 2. The molecule has 0 unspecified atom stereocenters. The topological polar surface area (TPSA) is 17.1 Å². The summed E-state index contributed by atoms with van der Waals surface area (Å²) in [7, 11) is 0. The van der Waals surface area contributed by atoms with E-state index in [-0.39, 0.29) is 5.92 Å². The van der Waals surface area contributed by atoms with Gasteiger partial charge in [0.25, 0.3) is 0 Å². The van der Waals surface area contributed by atoms with Crippen LogP contribution in [-0.2, 0) is 0 Å². The van der Waals surface area contributed by atoms with E-state index in [1.807, 2.05) is 0 Å². The fourth-order valence-electron chi connectivity index (χ4n) is 2.38. The first-order chi connectivity index (χ1) is 7.68. The summed E-state index contributed by atoms with van der Waals surface area (Å²) in [4.78, 5) is 14.5. The van der Waals surface area contributed by atoms with E-state index in [1.54, 1.807) is 11.3 Å². The minimum Gasteiger partial charge on any atom is -0.293 e. The van der Waals surface area contributed by atoms with Gasteiger partial charge >= 0.3 is 0 Å². The molecule has 0 bridgehead atoms. The Bertz CT molecular complexity index is 375. The highest BCUT2D eigenvalue weighted by Crippen LogP contribution is 2.33.